The average molecular weight is 406 g/mol. The van der Waals surface area contributed by atoms with Crippen LogP contribution in [0.5, 0.6) is 0 Å². The van der Waals surface area contributed by atoms with E-state index >= 15 is 0 Å². The molecule has 2 aromatic rings. The number of carbonyl (C=O) groups excluding carboxylic acids is 2. The molecule has 2 amide bonds. The van der Waals surface area contributed by atoms with Crippen LogP contribution in [0.2, 0.25) is 0 Å². The fourth-order valence-corrected chi connectivity index (χ4v) is 4.80. The Morgan fingerprint density at radius 1 is 1.20 bits per heavy atom. The van der Waals surface area contributed by atoms with Gasteiger partial charge in [0.15, 0.2) is 5.82 Å². The van der Waals surface area contributed by atoms with Crippen molar-refractivity contribution < 1.29 is 14.3 Å². The first-order chi connectivity index (χ1) is 14.6. The minimum absolute atomic E-state index is 0.0197. The zero-order valence-electron chi connectivity index (χ0n) is 17.0. The average Bonchev–Trinajstić information content (AvgIpc) is 3.19. The van der Waals surface area contributed by atoms with Crippen LogP contribution >= 0.6 is 0 Å². The maximum absolute atomic E-state index is 12.7. The van der Waals surface area contributed by atoms with Crippen LogP contribution in [0.3, 0.4) is 0 Å². The van der Waals surface area contributed by atoms with E-state index in [0.717, 1.165) is 48.3 Å². The van der Waals surface area contributed by atoms with Gasteiger partial charge in [-0.25, -0.2) is 9.97 Å². The van der Waals surface area contributed by atoms with Crippen molar-refractivity contribution in [3.05, 3.63) is 47.8 Å². The van der Waals surface area contributed by atoms with Gasteiger partial charge in [-0.2, -0.15) is 0 Å². The molecule has 0 radical (unpaired) electrons. The lowest BCUT2D eigenvalue weighted by atomic mass is 9.83. The van der Waals surface area contributed by atoms with Crippen molar-refractivity contribution in [1.82, 2.24) is 20.2 Å². The lowest BCUT2D eigenvalue weighted by molar-refractivity contribution is -0.141. The van der Waals surface area contributed by atoms with Crippen LogP contribution in [0.15, 0.2) is 36.5 Å². The lowest BCUT2D eigenvalue weighted by Gasteiger charge is -2.44. The van der Waals surface area contributed by atoms with E-state index in [4.69, 9.17) is 9.72 Å². The van der Waals surface area contributed by atoms with Crippen molar-refractivity contribution in [2.24, 2.45) is 0 Å². The first kappa shape index (κ1) is 19.2. The van der Waals surface area contributed by atoms with Crippen molar-refractivity contribution in [2.75, 3.05) is 19.7 Å². The van der Waals surface area contributed by atoms with E-state index in [-0.39, 0.29) is 17.9 Å². The van der Waals surface area contributed by atoms with Crippen LogP contribution in [0, 0.1) is 0 Å². The molecule has 156 valence electrons. The number of hydrogen-bond donors (Lipinski definition) is 1. The number of ether oxygens (including phenoxy) is 1. The number of likely N-dealkylation sites (tertiary alicyclic amines) is 1. The van der Waals surface area contributed by atoms with E-state index in [1.54, 1.807) is 0 Å². The lowest BCUT2D eigenvalue weighted by Crippen LogP contribution is -2.49. The Morgan fingerprint density at radius 2 is 2.00 bits per heavy atom. The molecular weight excluding hydrogens is 380 g/mol. The zero-order chi connectivity index (χ0) is 20.6. The summed E-state index contributed by atoms with van der Waals surface area (Å²) in [6.07, 6.45) is 5.87. The molecule has 1 atom stereocenters. The number of amides is 2. The minimum atomic E-state index is -0.446. The van der Waals surface area contributed by atoms with E-state index in [1.165, 1.54) is 0 Å². The summed E-state index contributed by atoms with van der Waals surface area (Å²) in [6.45, 7) is 1.94. The summed E-state index contributed by atoms with van der Waals surface area (Å²) in [5, 5.41) is 2.89. The Labute approximate surface area is 175 Å². The molecule has 2 fully saturated rings. The summed E-state index contributed by atoms with van der Waals surface area (Å²) >= 11 is 0. The highest BCUT2D eigenvalue weighted by Crippen LogP contribution is 2.41. The van der Waals surface area contributed by atoms with E-state index in [1.807, 2.05) is 41.4 Å². The SMILES string of the molecule is O=C1CC[C@@H](CC(=O)N2CCC3(CC2)OCCc2cnc(-c4ccccc4)nc23)N1. The van der Waals surface area contributed by atoms with Crippen molar-refractivity contribution >= 4 is 11.8 Å². The molecule has 2 saturated heterocycles. The van der Waals surface area contributed by atoms with Crippen LogP contribution in [0.4, 0.5) is 0 Å². The van der Waals surface area contributed by atoms with Gasteiger partial charge in [-0.15, -0.1) is 0 Å². The monoisotopic (exact) mass is 406 g/mol. The molecule has 30 heavy (non-hydrogen) atoms. The normalized spacial score (nSPS) is 22.6. The van der Waals surface area contributed by atoms with E-state index in [0.29, 0.717) is 32.5 Å². The highest BCUT2D eigenvalue weighted by atomic mass is 16.5. The molecule has 1 aromatic heterocycles. The highest BCUT2D eigenvalue weighted by molar-refractivity contribution is 5.82. The van der Waals surface area contributed by atoms with Gasteiger partial charge in [-0.3, -0.25) is 9.59 Å². The first-order valence-electron chi connectivity index (χ1n) is 10.8. The smallest absolute Gasteiger partial charge is 0.224 e. The maximum Gasteiger partial charge on any atom is 0.224 e. The van der Waals surface area contributed by atoms with Crippen LogP contribution in [0.25, 0.3) is 11.4 Å². The Balaban J connectivity index is 1.32. The molecule has 3 aliphatic heterocycles. The van der Waals surface area contributed by atoms with Gasteiger partial charge in [0.25, 0.3) is 0 Å². The maximum atomic E-state index is 12.7. The molecule has 1 spiro atoms. The molecule has 7 heteroatoms. The number of nitrogens with one attached hydrogen (secondary N) is 1. The van der Waals surface area contributed by atoms with Crippen LogP contribution in [0.1, 0.15) is 43.4 Å². The van der Waals surface area contributed by atoms with E-state index in [2.05, 4.69) is 10.3 Å². The largest absolute Gasteiger partial charge is 0.368 e. The van der Waals surface area contributed by atoms with Gasteiger partial charge in [0.05, 0.1) is 12.3 Å². The second kappa shape index (κ2) is 7.80. The Kier molecular flexibility index (Phi) is 4.98. The zero-order valence-corrected chi connectivity index (χ0v) is 17.0. The predicted octanol–water partition coefficient (Wildman–Crippen LogP) is 2.20. The van der Waals surface area contributed by atoms with Crippen molar-refractivity contribution in [3.8, 4) is 11.4 Å². The number of hydrogen-bond acceptors (Lipinski definition) is 5. The van der Waals surface area contributed by atoms with Gasteiger partial charge in [0, 0.05) is 43.7 Å². The van der Waals surface area contributed by atoms with E-state index < -0.39 is 5.60 Å². The number of piperidine rings is 1. The Bertz CT molecular complexity index is 954. The molecule has 3 aliphatic rings. The topological polar surface area (TPSA) is 84.4 Å². The minimum Gasteiger partial charge on any atom is -0.368 e. The second-order valence-electron chi connectivity index (χ2n) is 8.41. The van der Waals surface area contributed by atoms with Crippen molar-refractivity contribution in [3.63, 3.8) is 0 Å². The number of fused-ring (bicyclic) bond motifs is 2. The van der Waals surface area contributed by atoms with E-state index in [9.17, 15) is 9.59 Å². The molecule has 7 nitrogen and oxygen atoms in total. The Hall–Kier alpha value is -2.80. The molecule has 0 saturated carbocycles. The molecule has 1 N–H and O–H groups in total. The van der Waals surface area contributed by atoms with Gasteiger partial charge in [0.1, 0.15) is 5.60 Å². The third kappa shape index (κ3) is 3.58. The van der Waals surface area contributed by atoms with Crippen molar-refractivity contribution in [1.29, 1.82) is 0 Å². The second-order valence-corrected chi connectivity index (χ2v) is 8.41. The molecule has 4 heterocycles. The van der Waals surface area contributed by atoms with Gasteiger partial charge in [-0.1, -0.05) is 30.3 Å². The number of benzene rings is 1. The predicted molar refractivity (Wildman–Crippen MR) is 110 cm³/mol. The fraction of sp³-hybridized carbons (Fsp3) is 0.478. The fourth-order valence-electron chi connectivity index (χ4n) is 4.80. The quantitative estimate of drug-likeness (QED) is 0.845. The van der Waals surface area contributed by atoms with Gasteiger partial charge >= 0.3 is 0 Å². The number of aromatic nitrogens is 2. The summed E-state index contributed by atoms with van der Waals surface area (Å²) in [5.41, 5.74) is 2.68. The molecule has 0 aliphatic carbocycles. The molecule has 1 aromatic carbocycles. The summed E-state index contributed by atoms with van der Waals surface area (Å²) in [6, 6.07) is 9.97. The van der Waals surface area contributed by atoms with Gasteiger partial charge in [0.2, 0.25) is 11.8 Å². The summed E-state index contributed by atoms with van der Waals surface area (Å²) in [7, 11) is 0. The summed E-state index contributed by atoms with van der Waals surface area (Å²) in [5.74, 6) is 0.877. The molecule has 5 rings (SSSR count). The van der Waals surface area contributed by atoms with Gasteiger partial charge in [-0.05, 0) is 31.2 Å². The third-order valence-corrected chi connectivity index (χ3v) is 6.51. The first-order valence-corrected chi connectivity index (χ1v) is 10.8. The Morgan fingerprint density at radius 3 is 2.73 bits per heavy atom. The van der Waals surface area contributed by atoms with Gasteiger partial charge < -0.3 is 15.0 Å². The number of carbonyl (C=O) groups is 2. The molecule has 0 bridgehead atoms. The third-order valence-electron chi connectivity index (χ3n) is 6.51. The van der Waals surface area contributed by atoms with Crippen LogP contribution < -0.4 is 5.32 Å². The van der Waals surface area contributed by atoms with Crippen molar-refractivity contribution in [2.45, 2.75) is 50.2 Å². The van der Waals surface area contributed by atoms with Crippen LogP contribution in [-0.2, 0) is 26.3 Å². The summed E-state index contributed by atoms with van der Waals surface area (Å²) in [4.78, 5) is 35.5. The summed E-state index contributed by atoms with van der Waals surface area (Å²) < 4.78 is 6.31. The highest BCUT2D eigenvalue weighted by Gasteiger charge is 2.43. The van der Waals surface area contributed by atoms with Crippen LogP contribution in [-0.4, -0.2) is 52.4 Å². The standard InChI is InChI=1S/C23H26N4O3/c28-19-7-6-18(25-19)14-20(29)27-11-9-23(10-12-27)21-17(8-13-30-23)15-24-22(26-21)16-4-2-1-3-5-16/h1-5,15,18H,6-14H2,(H,25,28)/t18-/m0/s1. The molecular formula is C23H26N4O3. The number of rotatable bonds is 3. The number of nitrogens with zero attached hydrogens (tertiary/aromatic N) is 3. The molecule has 0 unspecified atom stereocenters.